The second kappa shape index (κ2) is 4.18. The molecule has 1 aliphatic carbocycles. The Labute approximate surface area is 117 Å². The van der Waals surface area contributed by atoms with Crippen molar-refractivity contribution < 1.29 is 4.52 Å². The fourth-order valence-corrected chi connectivity index (χ4v) is 4.29. The van der Waals surface area contributed by atoms with E-state index >= 15 is 0 Å². The number of hydrogen-bond acceptors (Lipinski definition) is 6. The van der Waals surface area contributed by atoms with E-state index in [9.17, 15) is 0 Å². The molecular formula is C13H11N3OS2. The van der Waals surface area contributed by atoms with Crippen LogP contribution in [0.4, 0.5) is 5.00 Å². The zero-order valence-corrected chi connectivity index (χ0v) is 11.7. The van der Waals surface area contributed by atoms with Crippen LogP contribution in [0, 0.1) is 0 Å². The number of anilines is 1. The highest BCUT2D eigenvalue weighted by Crippen LogP contribution is 2.43. The van der Waals surface area contributed by atoms with Gasteiger partial charge in [0.05, 0.1) is 15.4 Å². The highest BCUT2D eigenvalue weighted by molar-refractivity contribution is 7.16. The van der Waals surface area contributed by atoms with Crippen molar-refractivity contribution in [1.29, 1.82) is 0 Å². The van der Waals surface area contributed by atoms with Gasteiger partial charge in [0.1, 0.15) is 0 Å². The molecule has 4 rings (SSSR count). The Bertz CT molecular complexity index is 727. The number of aromatic nitrogens is 2. The molecule has 0 amide bonds. The Kier molecular flexibility index (Phi) is 2.46. The minimum absolute atomic E-state index is 0.556. The van der Waals surface area contributed by atoms with Crippen LogP contribution >= 0.6 is 22.7 Å². The SMILES string of the molecule is Nc1sc2c(c1-c1nc(-c3cccs3)no1)CCC2. The average molecular weight is 289 g/mol. The Hall–Kier alpha value is -1.66. The Balaban J connectivity index is 1.82. The first-order valence-corrected chi connectivity index (χ1v) is 7.80. The number of nitrogens with zero attached hydrogens (tertiary/aromatic N) is 2. The van der Waals surface area contributed by atoms with Gasteiger partial charge in [0.2, 0.25) is 5.82 Å². The van der Waals surface area contributed by atoms with Crippen LogP contribution in [0.2, 0.25) is 0 Å². The van der Waals surface area contributed by atoms with E-state index in [1.54, 1.807) is 22.7 Å². The molecule has 0 aromatic carbocycles. The Morgan fingerprint density at radius 2 is 2.26 bits per heavy atom. The molecule has 0 aliphatic heterocycles. The summed E-state index contributed by atoms with van der Waals surface area (Å²) in [5.74, 6) is 1.20. The third kappa shape index (κ3) is 1.71. The van der Waals surface area contributed by atoms with Crippen LogP contribution < -0.4 is 5.73 Å². The van der Waals surface area contributed by atoms with Crippen LogP contribution in [0.15, 0.2) is 22.0 Å². The van der Waals surface area contributed by atoms with E-state index < -0.39 is 0 Å². The van der Waals surface area contributed by atoms with Gasteiger partial charge in [-0.15, -0.1) is 22.7 Å². The van der Waals surface area contributed by atoms with E-state index in [-0.39, 0.29) is 0 Å². The minimum Gasteiger partial charge on any atom is -0.390 e. The number of aryl methyl sites for hydroxylation is 1. The summed E-state index contributed by atoms with van der Waals surface area (Å²) in [6.45, 7) is 0. The second-order valence-corrected chi connectivity index (χ2v) is 6.58. The topological polar surface area (TPSA) is 64.9 Å². The molecule has 3 aromatic rings. The van der Waals surface area contributed by atoms with Crippen LogP contribution in [-0.2, 0) is 12.8 Å². The zero-order valence-electron chi connectivity index (χ0n) is 10.0. The molecule has 19 heavy (non-hydrogen) atoms. The van der Waals surface area contributed by atoms with Crippen molar-refractivity contribution >= 4 is 27.7 Å². The molecule has 0 atom stereocenters. The van der Waals surface area contributed by atoms with Gasteiger partial charge in [-0.1, -0.05) is 11.2 Å². The third-order valence-electron chi connectivity index (χ3n) is 3.33. The highest BCUT2D eigenvalue weighted by atomic mass is 32.1. The van der Waals surface area contributed by atoms with E-state index in [0.717, 1.165) is 28.3 Å². The molecule has 3 heterocycles. The standard InChI is InChI=1S/C13H11N3OS2/c14-11-10(7-3-1-4-8(7)19-11)13-15-12(16-17-13)9-5-2-6-18-9/h2,5-6H,1,3-4,14H2. The van der Waals surface area contributed by atoms with Crippen LogP contribution in [0.5, 0.6) is 0 Å². The van der Waals surface area contributed by atoms with E-state index in [2.05, 4.69) is 10.1 Å². The monoisotopic (exact) mass is 289 g/mol. The number of nitrogen functional groups attached to an aromatic ring is 1. The average Bonchev–Trinajstić information content (AvgIpc) is 3.11. The van der Waals surface area contributed by atoms with Gasteiger partial charge in [0.25, 0.3) is 5.89 Å². The fraction of sp³-hybridized carbons (Fsp3) is 0.231. The van der Waals surface area contributed by atoms with Gasteiger partial charge in [-0.2, -0.15) is 4.98 Å². The highest BCUT2D eigenvalue weighted by Gasteiger charge is 2.25. The lowest BCUT2D eigenvalue weighted by Crippen LogP contribution is -1.88. The summed E-state index contributed by atoms with van der Waals surface area (Å²) in [5.41, 5.74) is 8.38. The van der Waals surface area contributed by atoms with Gasteiger partial charge in [0, 0.05) is 4.88 Å². The summed E-state index contributed by atoms with van der Waals surface area (Å²) in [6, 6.07) is 3.97. The smallest absolute Gasteiger partial charge is 0.261 e. The molecule has 1 aliphatic rings. The predicted molar refractivity (Wildman–Crippen MR) is 77.4 cm³/mol. The number of hydrogen-bond donors (Lipinski definition) is 1. The largest absolute Gasteiger partial charge is 0.390 e. The summed E-state index contributed by atoms with van der Waals surface area (Å²) in [4.78, 5) is 6.89. The molecule has 0 bridgehead atoms. The maximum atomic E-state index is 6.10. The van der Waals surface area contributed by atoms with Crippen molar-refractivity contribution in [3.05, 3.63) is 28.0 Å². The summed E-state index contributed by atoms with van der Waals surface area (Å²) in [6.07, 6.45) is 3.38. The molecular weight excluding hydrogens is 278 g/mol. The van der Waals surface area contributed by atoms with Gasteiger partial charge in [0.15, 0.2) is 0 Å². The second-order valence-electron chi connectivity index (χ2n) is 4.50. The molecule has 0 saturated heterocycles. The van der Waals surface area contributed by atoms with Crippen LogP contribution in [-0.4, -0.2) is 10.1 Å². The molecule has 0 fully saturated rings. The summed E-state index contributed by atoms with van der Waals surface area (Å²) >= 11 is 3.26. The van der Waals surface area contributed by atoms with Crippen molar-refractivity contribution in [2.75, 3.05) is 5.73 Å². The van der Waals surface area contributed by atoms with E-state index in [4.69, 9.17) is 10.3 Å². The van der Waals surface area contributed by atoms with Crippen LogP contribution in [0.25, 0.3) is 22.2 Å². The van der Waals surface area contributed by atoms with E-state index in [1.165, 1.54) is 16.9 Å². The zero-order chi connectivity index (χ0) is 12.8. The van der Waals surface area contributed by atoms with Crippen LogP contribution in [0.3, 0.4) is 0 Å². The Morgan fingerprint density at radius 3 is 3.11 bits per heavy atom. The van der Waals surface area contributed by atoms with Crippen molar-refractivity contribution in [3.8, 4) is 22.2 Å². The number of nitrogens with two attached hydrogens (primary N) is 1. The Morgan fingerprint density at radius 1 is 1.32 bits per heavy atom. The number of thiophene rings is 2. The number of fused-ring (bicyclic) bond motifs is 1. The first-order chi connectivity index (χ1) is 9.33. The normalized spacial score (nSPS) is 13.9. The van der Waals surface area contributed by atoms with E-state index in [0.29, 0.717) is 11.7 Å². The van der Waals surface area contributed by atoms with Crippen LogP contribution in [0.1, 0.15) is 16.9 Å². The lowest BCUT2D eigenvalue weighted by molar-refractivity contribution is 0.432. The van der Waals surface area contributed by atoms with Crippen molar-refractivity contribution in [3.63, 3.8) is 0 Å². The maximum Gasteiger partial charge on any atom is 0.261 e. The van der Waals surface area contributed by atoms with Gasteiger partial charge in [-0.05, 0) is 36.3 Å². The van der Waals surface area contributed by atoms with E-state index in [1.807, 2.05) is 17.5 Å². The maximum absolute atomic E-state index is 6.10. The third-order valence-corrected chi connectivity index (χ3v) is 5.32. The fourth-order valence-electron chi connectivity index (χ4n) is 2.49. The summed E-state index contributed by atoms with van der Waals surface area (Å²) in [5, 5.41) is 6.85. The first-order valence-electron chi connectivity index (χ1n) is 6.11. The minimum atomic E-state index is 0.556. The quantitative estimate of drug-likeness (QED) is 0.783. The molecule has 2 N–H and O–H groups in total. The molecule has 3 aromatic heterocycles. The van der Waals surface area contributed by atoms with Gasteiger partial charge in [-0.25, -0.2) is 0 Å². The van der Waals surface area contributed by atoms with Crippen molar-refractivity contribution in [1.82, 2.24) is 10.1 Å². The van der Waals surface area contributed by atoms with Gasteiger partial charge in [-0.3, -0.25) is 0 Å². The molecule has 4 nitrogen and oxygen atoms in total. The predicted octanol–water partition coefficient (Wildman–Crippen LogP) is 3.60. The van der Waals surface area contributed by atoms with Crippen molar-refractivity contribution in [2.45, 2.75) is 19.3 Å². The molecule has 96 valence electrons. The molecule has 0 saturated carbocycles. The molecule has 0 unspecified atom stereocenters. The summed E-state index contributed by atoms with van der Waals surface area (Å²) in [7, 11) is 0. The lowest BCUT2D eigenvalue weighted by atomic mass is 10.1. The number of rotatable bonds is 2. The molecule has 0 spiro atoms. The lowest BCUT2D eigenvalue weighted by Gasteiger charge is -1.96. The molecule has 0 radical (unpaired) electrons. The molecule has 6 heteroatoms. The summed E-state index contributed by atoms with van der Waals surface area (Å²) < 4.78 is 5.41. The van der Waals surface area contributed by atoms with Gasteiger partial charge < -0.3 is 10.3 Å². The van der Waals surface area contributed by atoms with Gasteiger partial charge >= 0.3 is 0 Å². The first kappa shape index (κ1) is 11.2. The van der Waals surface area contributed by atoms with Crippen molar-refractivity contribution in [2.24, 2.45) is 0 Å².